The van der Waals surface area contributed by atoms with Crippen LogP contribution in [0.5, 0.6) is 0 Å². The number of carbonyl (C=O) groups is 1. The van der Waals surface area contributed by atoms with Gasteiger partial charge in [-0.1, -0.05) is 0 Å². The summed E-state index contributed by atoms with van der Waals surface area (Å²) in [5.74, 6) is 0.562. The van der Waals surface area contributed by atoms with Gasteiger partial charge < -0.3 is 25.9 Å². The summed E-state index contributed by atoms with van der Waals surface area (Å²) >= 11 is 1.25. The second-order valence-corrected chi connectivity index (χ2v) is 9.95. The van der Waals surface area contributed by atoms with Crippen LogP contribution in [-0.2, 0) is 7.05 Å². The van der Waals surface area contributed by atoms with E-state index in [-0.39, 0.29) is 18.0 Å². The molecule has 5 N–H and O–H groups in total. The van der Waals surface area contributed by atoms with Crippen molar-refractivity contribution in [1.82, 2.24) is 34.8 Å². The zero-order chi connectivity index (χ0) is 24.8. The van der Waals surface area contributed by atoms with Crippen LogP contribution in [0.4, 0.5) is 15.3 Å². The van der Waals surface area contributed by atoms with Crippen molar-refractivity contribution in [3.05, 3.63) is 47.6 Å². The van der Waals surface area contributed by atoms with Gasteiger partial charge in [0.15, 0.2) is 11.0 Å². The smallest absolute Gasteiger partial charge is 0.271 e. The number of anilines is 2. The number of nitrogens with two attached hydrogens (primary N) is 1. The Hall–Kier alpha value is -4.06. The molecule has 6 rings (SSSR count). The van der Waals surface area contributed by atoms with E-state index in [4.69, 9.17) is 15.7 Å². The number of nitrogens with one attached hydrogen (secondary N) is 3. The van der Waals surface area contributed by atoms with E-state index in [2.05, 4.69) is 25.6 Å². The Bertz CT molecular complexity index is 1590. The van der Waals surface area contributed by atoms with Crippen LogP contribution in [0.2, 0.25) is 0 Å². The van der Waals surface area contributed by atoms with Crippen molar-refractivity contribution in [2.24, 2.45) is 7.05 Å². The first-order valence-corrected chi connectivity index (χ1v) is 12.6. The van der Waals surface area contributed by atoms with Crippen LogP contribution in [0, 0.1) is 5.82 Å². The van der Waals surface area contributed by atoms with E-state index in [9.17, 15) is 9.18 Å². The zero-order valence-corrected chi connectivity index (χ0v) is 20.3. The first kappa shape index (κ1) is 22.4. The van der Waals surface area contributed by atoms with Crippen molar-refractivity contribution in [1.29, 1.82) is 0 Å². The summed E-state index contributed by atoms with van der Waals surface area (Å²) in [4.78, 5) is 33.5. The van der Waals surface area contributed by atoms with Crippen molar-refractivity contribution < 1.29 is 9.18 Å². The standard InChI is InChI=1S/C24H24FN9OS/c1-34-6-5-15-20(29-13-3-2-4-14(8-13)30-23(35)18-11-36-24(26)31-18)32-21(33-22(15)34)17-10-28-19-16(17)7-12(25)9-27-19/h5-7,9-11,13-14H,2-4,8H2,1H3,(H2,26,31)(H,27,28)(H,30,35)(H,29,32,33). The maximum Gasteiger partial charge on any atom is 0.271 e. The number of hydrogen-bond acceptors (Lipinski definition) is 8. The van der Waals surface area contributed by atoms with Gasteiger partial charge in [-0.2, -0.15) is 0 Å². The number of amides is 1. The number of aromatic nitrogens is 6. The maximum atomic E-state index is 13.9. The lowest BCUT2D eigenvalue weighted by atomic mass is 9.90. The molecule has 0 saturated heterocycles. The second-order valence-electron chi connectivity index (χ2n) is 9.06. The van der Waals surface area contributed by atoms with Gasteiger partial charge in [-0.3, -0.25) is 4.79 Å². The number of nitrogens with zero attached hydrogens (tertiary/aromatic N) is 5. The van der Waals surface area contributed by atoms with Crippen LogP contribution in [-0.4, -0.2) is 47.5 Å². The number of pyridine rings is 1. The Labute approximate surface area is 209 Å². The predicted octanol–water partition coefficient (Wildman–Crippen LogP) is 3.84. The number of thiazole rings is 1. The highest BCUT2D eigenvalue weighted by Crippen LogP contribution is 2.31. The predicted molar refractivity (Wildman–Crippen MR) is 137 cm³/mol. The molecule has 1 aliphatic rings. The first-order valence-electron chi connectivity index (χ1n) is 11.7. The van der Waals surface area contributed by atoms with Gasteiger partial charge in [0.2, 0.25) is 0 Å². The molecule has 5 aromatic heterocycles. The third kappa shape index (κ3) is 4.13. The monoisotopic (exact) mass is 505 g/mol. The van der Waals surface area contributed by atoms with Gasteiger partial charge in [-0.05, 0) is 37.8 Å². The van der Waals surface area contributed by atoms with Crippen molar-refractivity contribution in [3.63, 3.8) is 0 Å². The molecule has 0 spiro atoms. The molecule has 2 unspecified atom stereocenters. The molecular weight excluding hydrogens is 481 g/mol. The molecule has 0 radical (unpaired) electrons. The quantitative estimate of drug-likeness (QED) is 0.285. The number of nitrogen functional groups attached to an aromatic ring is 1. The topological polar surface area (TPSA) is 139 Å². The Morgan fingerprint density at radius 2 is 2.11 bits per heavy atom. The molecule has 10 nitrogen and oxygen atoms in total. The minimum atomic E-state index is -0.419. The summed E-state index contributed by atoms with van der Waals surface area (Å²) in [6.07, 6.45) is 8.43. The van der Waals surface area contributed by atoms with Crippen LogP contribution in [0.3, 0.4) is 0 Å². The lowest BCUT2D eigenvalue weighted by Crippen LogP contribution is -2.42. The molecule has 5 aromatic rings. The van der Waals surface area contributed by atoms with Crippen LogP contribution >= 0.6 is 11.3 Å². The molecule has 1 aliphatic carbocycles. The molecule has 5 heterocycles. The highest BCUT2D eigenvalue weighted by atomic mass is 32.1. The number of halogens is 1. The minimum Gasteiger partial charge on any atom is -0.375 e. The highest BCUT2D eigenvalue weighted by molar-refractivity contribution is 7.13. The summed E-state index contributed by atoms with van der Waals surface area (Å²) in [5.41, 5.74) is 8.04. The molecule has 1 fully saturated rings. The number of fused-ring (bicyclic) bond motifs is 2. The number of rotatable bonds is 5. The third-order valence-electron chi connectivity index (χ3n) is 6.57. The number of hydrogen-bond donors (Lipinski definition) is 4. The molecule has 12 heteroatoms. The van der Waals surface area contributed by atoms with Crippen molar-refractivity contribution >= 4 is 50.3 Å². The molecule has 1 amide bonds. The van der Waals surface area contributed by atoms with Gasteiger partial charge in [-0.15, -0.1) is 11.3 Å². The minimum absolute atomic E-state index is 0.0157. The molecule has 2 atom stereocenters. The maximum absolute atomic E-state index is 13.9. The van der Waals surface area contributed by atoms with Crippen molar-refractivity contribution in [2.45, 2.75) is 37.8 Å². The SMILES string of the molecule is Cn1ccc2c(NC3CCCC(NC(=O)c4csc(N)n4)C3)nc(-c3c[nH]c4ncc(F)cc34)nc21. The molecule has 0 aromatic carbocycles. The van der Waals surface area contributed by atoms with Gasteiger partial charge in [0.05, 0.1) is 11.6 Å². The number of aromatic amines is 1. The molecule has 36 heavy (non-hydrogen) atoms. The fourth-order valence-electron chi connectivity index (χ4n) is 4.83. The van der Waals surface area contributed by atoms with Gasteiger partial charge >= 0.3 is 0 Å². The Morgan fingerprint density at radius 3 is 2.94 bits per heavy atom. The summed E-state index contributed by atoms with van der Waals surface area (Å²) in [5, 5.41) is 10.3. The fourth-order valence-corrected chi connectivity index (χ4v) is 5.37. The van der Waals surface area contributed by atoms with Gasteiger partial charge in [0.25, 0.3) is 5.91 Å². The lowest BCUT2D eigenvalue weighted by Gasteiger charge is -2.30. The van der Waals surface area contributed by atoms with Crippen LogP contribution in [0.1, 0.15) is 36.2 Å². The highest BCUT2D eigenvalue weighted by Gasteiger charge is 2.26. The number of aryl methyl sites for hydroxylation is 1. The van der Waals surface area contributed by atoms with Crippen molar-refractivity contribution in [2.75, 3.05) is 11.1 Å². The normalized spacial score (nSPS) is 18.1. The average molecular weight is 506 g/mol. The van der Waals surface area contributed by atoms with Gasteiger partial charge in [0.1, 0.15) is 28.6 Å². The van der Waals surface area contributed by atoms with Crippen LogP contribution < -0.4 is 16.4 Å². The largest absolute Gasteiger partial charge is 0.375 e. The first-order chi connectivity index (χ1) is 17.4. The summed E-state index contributed by atoms with van der Waals surface area (Å²) in [6.45, 7) is 0. The fraction of sp³-hybridized carbons (Fsp3) is 0.292. The zero-order valence-electron chi connectivity index (χ0n) is 19.5. The molecular formula is C24H24FN9OS. The van der Waals surface area contributed by atoms with Gasteiger partial charge in [0, 0.05) is 47.9 Å². The van der Waals surface area contributed by atoms with E-state index in [1.807, 2.05) is 23.9 Å². The molecule has 184 valence electrons. The van der Waals surface area contributed by atoms with E-state index >= 15 is 0 Å². The lowest BCUT2D eigenvalue weighted by molar-refractivity contribution is 0.0922. The van der Waals surface area contributed by atoms with Crippen molar-refractivity contribution in [3.8, 4) is 11.4 Å². The number of H-pyrrole nitrogens is 1. The van der Waals surface area contributed by atoms with E-state index in [0.717, 1.165) is 36.7 Å². The molecule has 0 bridgehead atoms. The Kier molecular flexibility index (Phi) is 5.52. The van der Waals surface area contributed by atoms with E-state index in [1.165, 1.54) is 23.6 Å². The van der Waals surface area contributed by atoms with Crippen LogP contribution in [0.25, 0.3) is 33.5 Å². The Balaban J connectivity index is 1.28. The van der Waals surface area contributed by atoms with E-state index in [0.29, 0.717) is 39.1 Å². The summed E-state index contributed by atoms with van der Waals surface area (Å²) in [7, 11) is 1.93. The third-order valence-corrected chi connectivity index (χ3v) is 7.24. The van der Waals surface area contributed by atoms with E-state index in [1.54, 1.807) is 11.6 Å². The summed E-state index contributed by atoms with van der Waals surface area (Å²) in [6, 6.07) is 3.54. The van der Waals surface area contributed by atoms with Crippen LogP contribution in [0.15, 0.2) is 36.1 Å². The number of carbonyl (C=O) groups excluding carboxylic acids is 1. The molecule has 1 saturated carbocycles. The Morgan fingerprint density at radius 1 is 1.25 bits per heavy atom. The second kappa shape index (κ2) is 8.86. The molecule has 0 aliphatic heterocycles. The average Bonchev–Trinajstić information content (AvgIpc) is 3.58. The van der Waals surface area contributed by atoms with E-state index < -0.39 is 5.82 Å². The summed E-state index contributed by atoms with van der Waals surface area (Å²) < 4.78 is 15.9. The van der Waals surface area contributed by atoms with Gasteiger partial charge in [-0.25, -0.2) is 24.3 Å².